The van der Waals surface area contributed by atoms with E-state index < -0.39 is 5.92 Å². The number of amides is 2. The predicted molar refractivity (Wildman–Crippen MR) is 132 cm³/mol. The highest BCUT2D eigenvalue weighted by molar-refractivity contribution is 7.23. The number of rotatable bonds is 7. The highest BCUT2D eigenvalue weighted by Gasteiger charge is 2.38. The summed E-state index contributed by atoms with van der Waals surface area (Å²) in [6.07, 6.45) is 0.884. The molecule has 3 aromatic rings. The lowest BCUT2D eigenvalue weighted by Crippen LogP contribution is -2.39. The summed E-state index contributed by atoms with van der Waals surface area (Å²) in [6, 6.07) is 9.52. The average Bonchev–Trinajstić information content (AvgIpc) is 3.39. The topological polar surface area (TPSA) is 56.8 Å². The zero-order valence-corrected chi connectivity index (χ0v) is 20.4. The van der Waals surface area contributed by atoms with Gasteiger partial charge in [-0.1, -0.05) is 29.0 Å². The van der Waals surface area contributed by atoms with Crippen molar-refractivity contribution in [2.45, 2.75) is 19.8 Å². The molecular weight excluding hydrogens is 463 g/mol. The molecule has 1 fully saturated rings. The third kappa shape index (κ3) is 5.03. The van der Waals surface area contributed by atoms with Gasteiger partial charge in [0.25, 0.3) is 0 Å². The maximum absolute atomic E-state index is 13.7. The number of aromatic nitrogens is 1. The van der Waals surface area contributed by atoms with Gasteiger partial charge in [-0.2, -0.15) is 0 Å². The van der Waals surface area contributed by atoms with E-state index in [9.17, 15) is 14.0 Å². The number of carbonyl (C=O) groups excluding carboxylic acids is 2. The average molecular weight is 489 g/mol. The van der Waals surface area contributed by atoms with Gasteiger partial charge in [0.2, 0.25) is 11.8 Å². The first-order chi connectivity index (χ1) is 15.7. The van der Waals surface area contributed by atoms with E-state index in [-0.39, 0.29) is 30.6 Å². The third-order valence-electron chi connectivity index (χ3n) is 5.78. The summed E-state index contributed by atoms with van der Waals surface area (Å²) in [4.78, 5) is 36.4. The molecule has 0 aliphatic carbocycles. The quantitative estimate of drug-likeness (QED) is 0.482. The number of anilines is 2. The van der Waals surface area contributed by atoms with Crippen LogP contribution in [0.3, 0.4) is 0 Å². The largest absolute Gasteiger partial charge is 0.312 e. The summed E-state index contributed by atoms with van der Waals surface area (Å²) >= 11 is 7.80. The number of hydrogen-bond acceptors (Lipinski definition) is 5. The fourth-order valence-electron chi connectivity index (χ4n) is 4.02. The van der Waals surface area contributed by atoms with E-state index in [0.717, 1.165) is 28.7 Å². The number of thiazole rings is 1. The minimum atomic E-state index is -0.495. The molecule has 0 N–H and O–H groups in total. The molecule has 6 nitrogen and oxygen atoms in total. The van der Waals surface area contributed by atoms with E-state index in [0.29, 0.717) is 22.4 Å². The second kappa shape index (κ2) is 9.75. The van der Waals surface area contributed by atoms with E-state index >= 15 is 0 Å². The van der Waals surface area contributed by atoms with Gasteiger partial charge in [-0.3, -0.25) is 14.5 Å². The summed E-state index contributed by atoms with van der Waals surface area (Å²) in [7, 11) is 3.98. The SMILES string of the molecule is Cc1ccc(Cl)c2sc(N(CCCN(C)C)C(=O)C3CC(=O)N(c4ccc(F)cc4)C3)nc12. The molecule has 1 aliphatic rings. The van der Waals surface area contributed by atoms with Crippen molar-refractivity contribution in [3.8, 4) is 0 Å². The van der Waals surface area contributed by atoms with Crippen LogP contribution in [0.4, 0.5) is 15.2 Å². The first-order valence-corrected chi connectivity index (χ1v) is 12.0. The van der Waals surface area contributed by atoms with E-state index in [1.165, 1.54) is 23.5 Å². The summed E-state index contributed by atoms with van der Waals surface area (Å²) < 4.78 is 14.2. The van der Waals surface area contributed by atoms with Crippen LogP contribution in [0.1, 0.15) is 18.4 Å². The van der Waals surface area contributed by atoms with Gasteiger partial charge in [-0.15, -0.1) is 0 Å². The molecule has 0 bridgehead atoms. The summed E-state index contributed by atoms with van der Waals surface area (Å²) in [6.45, 7) is 3.54. The zero-order valence-electron chi connectivity index (χ0n) is 18.8. The Balaban J connectivity index is 1.61. The maximum Gasteiger partial charge on any atom is 0.234 e. The molecule has 2 amide bonds. The standard InChI is InChI=1S/C24H26ClFN4O2S/c1-15-5-10-19(25)22-21(15)27-24(33-22)29(12-4-11-28(2)3)23(32)16-13-20(31)30(14-16)18-8-6-17(26)7-9-18/h5-10,16H,4,11-14H2,1-3H3. The van der Waals surface area contributed by atoms with Crippen LogP contribution < -0.4 is 9.80 Å². The first-order valence-electron chi connectivity index (χ1n) is 10.8. The van der Waals surface area contributed by atoms with Gasteiger partial charge in [-0.25, -0.2) is 9.37 Å². The van der Waals surface area contributed by atoms with Gasteiger partial charge >= 0.3 is 0 Å². The number of nitrogens with zero attached hydrogens (tertiary/aromatic N) is 4. The normalized spacial score (nSPS) is 16.2. The minimum Gasteiger partial charge on any atom is -0.312 e. The Hall–Kier alpha value is -2.55. The molecule has 1 unspecified atom stereocenters. The van der Waals surface area contributed by atoms with Crippen LogP contribution in [0.2, 0.25) is 5.02 Å². The van der Waals surface area contributed by atoms with Crippen LogP contribution in [0.5, 0.6) is 0 Å². The fraction of sp³-hybridized carbons (Fsp3) is 0.375. The van der Waals surface area contributed by atoms with Crippen LogP contribution in [-0.4, -0.2) is 55.4 Å². The Labute approximate surface area is 201 Å². The Morgan fingerprint density at radius 2 is 1.94 bits per heavy atom. The molecule has 2 heterocycles. The molecule has 1 saturated heterocycles. The van der Waals surface area contributed by atoms with Gasteiger partial charge in [-0.05, 0) is 69.9 Å². The molecule has 0 saturated carbocycles. The number of halogens is 2. The van der Waals surface area contributed by atoms with Crippen LogP contribution in [-0.2, 0) is 9.59 Å². The predicted octanol–water partition coefficient (Wildman–Crippen LogP) is 4.74. The van der Waals surface area contributed by atoms with Gasteiger partial charge in [0.1, 0.15) is 5.82 Å². The number of carbonyl (C=O) groups is 2. The van der Waals surface area contributed by atoms with Gasteiger partial charge in [0.05, 0.1) is 21.2 Å². The summed E-state index contributed by atoms with van der Waals surface area (Å²) in [5, 5.41) is 1.20. The van der Waals surface area contributed by atoms with E-state index in [1.807, 2.05) is 33.2 Å². The maximum atomic E-state index is 13.7. The van der Waals surface area contributed by atoms with Crippen molar-refractivity contribution in [1.82, 2.24) is 9.88 Å². The van der Waals surface area contributed by atoms with Gasteiger partial charge in [0.15, 0.2) is 5.13 Å². The molecular formula is C24H26ClFN4O2S. The molecule has 0 radical (unpaired) electrons. The Kier molecular flexibility index (Phi) is 6.97. The van der Waals surface area contributed by atoms with Crippen LogP contribution >= 0.6 is 22.9 Å². The van der Waals surface area contributed by atoms with Crippen molar-refractivity contribution in [2.75, 3.05) is 43.5 Å². The van der Waals surface area contributed by atoms with Crippen molar-refractivity contribution in [2.24, 2.45) is 5.92 Å². The van der Waals surface area contributed by atoms with E-state index in [2.05, 4.69) is 4.90 Å². The molecule has 1 aliphatic heterocycles. The highest BCUT2D eigenvalue weighted by Crippen LogP contribution is 2.37. The number of aryl methyl sites for hydroxylation is 1. The summed E-state index contributed by atoms with van der Waals surface area (Å²) in [5.41, 5.74) is 2.39. The number of benzene rings is 2. The third-order valence-corrected chi connectivity index (χ3v) is 7.32. The summed E-state index contributed by atoms with van der Waals surface area (Å²) in [5.74, 6) is -1.13. The molecule has 4 rings (SSSR count). The molecule has 2 aromatic carbocycles. The van der Waals surface area contributed by atoms with Crippen molar-refractivity contribution in [1.29, 1.82) is 0 Å². The van der Waals surface area contributed by atoms with Gasteiger partial charge in [0, 0.05) is 25.2 Å². The lowest BCUT2D eigenvalue weighted by molar-refractivity contribution is -0.124. The molecule has 1 atom stereocenters. The van der Waals surface area contributed by atoms with E-state index in [1.54, 1.807) is 21.9 Å². The highest BCUT2D eigenvalue weighted by atomic mass is 35.5. The Morgan fingerprint density at radius 1 is 1.21 bits per heavy atom. The molecule has 0 spiro atoms. The van der Waals surface area contributed by atoms with Crippen molar-refractivity contribution in [3.05, 3.63) is 52.8 Å². The fourth-order valence-corrected chi connectivity index (χ4v) is 5.36. The lowest BCUT2D eigenvalue weighted by atomic mass is 10.1. The Bertz CT molecular complexity index is 1140. The van der Waals surface area contributed by atoms with Gasteiger partial charge < -0.3 is 9.80 Å². The number of fused-ring (bicyclic) bond motifs is 1. The molecule has 1 aromatic heterocycles. The molecule has 9 heteroatoms. The van der Waals surface area contributed by atoms with Crippen molar-refractivity contribution in [3.63, 3.8) is 0 Å². The Morgan fingerprint density at radius 3 is 2.61 bits per heavy atom. The van der Waals surface area contributed by atoms with Crippen molar-refractivity contribution < 1.29 is 14.0 Å². The zero-order chi connectivity index (χ0) is 23.7. The monoisotopic (exact) mass is 488 g/mol. The lowest BCUT2D eigenvalue weighted by Gasteiger charge is -2.24. The second-order valence-electron chi connectivity index (χ2n) is 8.57. The molecule has 174 valence electrons. The van der Waals surface area contributed by atoms with E-state index in [4.69, 9.17) is 16.6 Å². The van der Waals surface area contributed by atoms with Crippen LogP contribution in [0, 0.1) is 18.7 Å². The first kappa shape index (κ1) is 23.6. The number of hydrogen-bond donors (Lipinski definition) is 0. The smallest absolute Gasteiger partial charge is 0.234 e. The van der Waals surface area contributed by atoms with Crippen LogP contribution in [0.15, 0.2) is 36.4 Å². The molecule has 33 heavy (non-hydrogen) atoms. The minimum absolute atomic E-state index is 0.116. The second-order valence-corrected chi connectivity index (χ2v) is 9.95. The van der Waals surface area contributed by atoms with Crippen molar-refractivity contribution >= 4 is 55.8 Å². The van der Waals surface area contributed by atoms with Crippen LogP contribution in [0.25, 0.3) is 10.2 Å².